The molecule has 2 aliphatic heterocycles. The number of nitrogens with zero attached hydrogens (tertiary/aromatic N) is 2. The largest absolute Gasteiger partial charge is 0.371 e. The molecule has 0 spiro atoms. The van der Waals surface area contributed by atoms with Crippen molar-refractivity contribution in [3.05, 3.63) is 94.5 Å². The topological polar surface area (TPSA) is 52.7 Å². The summed E-state index contributed by atoms with van der Waals surface area (Å²) >= 11 is 6.21. The molecule has 3 aromatic rings. The maximum absolute atomic E-state index is 13.5. The lowest BCUT2D eigenvalue weighted by molar-refractivity contribution is 0.0793. The molecule has 6 heteroatoms. The fraction of sp³-hybridized carbons (Fsp3) is 0.333. The number of piperidine rings is 1. The van der Waals surface area contributed by atoms with E-state index < -0.39 is 0 Å². The van der Waals surface area contributed by atoms with Gasteiger partial charge in [-0.1, -0.05) is 54.1 Å². The lowest BCUT2D eigenvalue weighted by Crippen LogP contribution is -2.36. The Labute approximate surface area is 218 Å². The fourth-order valence-corrected chi connectivity index (χ4v) is 5.54. The summed E-state index contributed by atoms with van der Waals surface area (Å²) in [5.41, 5.74) is 4.02. The standard InChI is InChI=1S/C30H32ClN3O2/c31-27-11-5-4-10-25(27)29(35)32-24-12-13-28(26(21-24)30(36)34-16-6-7-17-34)33-18-14-23(15-19-33)20-22-8-2-1-3-9-22/h1-5,8-13,21,23H,6-7,14-20H2,(H,32,35). The van der Waals surface area contributed by atoms with E-state index in [-0.39, 0.29) is 11.8 Å². The molecule has 0 radical (unpaired) electrons. The van der Waals surface area contributed by atoms with Gasteiger partial charge in [-0.05, 0) is 73.9 Å². The molecule has 0 aromatic heterocycles. The van der Waals surface area contributed by atoms with Crippen LogP contribution in [0.1, 0.15) is 52.0 Å². The highest BCUT2D eigenvalue weighted by Crippen LogP contribution is 2.32. The number of likely N-dealkylation sites (tertiary alicyclic amines) is 1. The molecular formula is C30H32ClN3O2. The van der Waals surface area contributed by atoms with Crippen molar-refractivity contribution in [1.82, 2.24) is 4.90 Å². The first kappa shape index (κ1) is 24.4. The summed E-state index contributed by atoms with van der Waals surface area (Å²) in [5, 5.41) is 3.34. The minimum Gasteiger partial charge on any atom is -0.371 e. The second-order valence-electron chi connectivity index (χ2n) is 9.79. The van der Waals surface area contributed by atoms with E-state index in [1.165, 1.54) is 5.56 Å². The second-order valence-corrected chi connectivity index (χ2v) is 10.2. The molecule has 0 bridgehead atoms. The fourth-order valence-electron chi connectivity index (χ4n) is 5.32. The van der Waals surface area contributed by atoms with Crippen molar-refractivity contribution in [3.63, 3.8) is 0 Å². The lowest BCUT2D eigenvalue weighted by Gasteiger charge is -2.35. The van der Waals surface area contributed by atoms with Crippen molar-refractivity contribution in [2.24, 2.45) is 5.92 Å². The Hall–Kier alpha value is -3.31. The Kier molecular flexibility index (Phi) is 7.57. The first-order valence-electron chi connectivity index (χ1n) is 12.9. The molecule has 2 amide bonds. The smallest absolute Gasteiger partial charge is 0.257 e. The summed E-state index contributed by atoms with van der Waals surface area (Å²) in [6.45, 7) is 3.41. The Morgan fingerprint density at radius 1 is 0.833 bits per heavy atom. The lowest BCUT2D eigenvalue weighted by atomic mass is 9.89. The van der Waals surface area contributed by atoms with Crippen LogP contribution in [0.3, 0.4) is 0 Å². The zero-order valence-electron chi connectivity index (χ0n) is 20.5. The number of anilines is 2. The third-order valence-electron chi connectivity index (χ3n) is 7.32. The molecule has 2 heterocycles. The molecule has 0 unspecified atom stereocenters. The molecular weight excluding hydrogens is 470 g/mol. The van der Waals surface area contributed by atoms with E-state index in [0.717, 1.165) is 64.0 Å². The SMILES string of the molecule is O=C(Nc1ccc(N2CCC(Cc3ccccc3)CC2)c(C(=O)N2CCCC2)c1)c1ccccc1Cl. The number of carbonyl (C=O) groups excluding carboxylic acids is 2. The molecule has 36 heavy (non-hydrogen) atoms. The zero-order chi connectivity index (χ0) is 24.9. The molecule has 3 aromatic carbocycles. The van der Waals surface area contributed by atoms with Crippen LogP contribution in [0.15, 0.2) is 72.8 Å². The van der Waals surface area contributed by atoms with E-state index in [1.807, 2.05) is 23.1 Å². The molecule has 0 atom stereocenters. The van der Waals surface area contributed by atoms with Crippen molar-refractivity contribution >= 4 is 34.8 Å². The maximum Gasteiger partial charge on any atom is 0.257 e. The average Bonchev–Trinajstić information content (AvgIpc) is 3.45. The number of hydrogen-bond donors (Lipinski definition) is 1. The molecule has 2 saturated heterocycles. The summed E-state index contributed by atoms with van der Waals surface area (Å²) in [7, 11) is 0. The van der Waals surface area contributed by atoms with Crippen LogP contribution >= 0.6 is 11.6 Å². The zero-order valence-corrected chi connectivity index (χ0v) is 21.2. The molecule has 5 rings (SSSR count). The molecule has 186 valence electrons. The van der Waals surface area contributed by atoms with E-state index in [4.69, 9.17) is 11.6 Å². The van der Waals surface area contributed by atoms with E-state index >= 15 is 0 Å². The number of rotatable bonds is 6. The van der Waals surface area contributed by atoms with Gasteiger partial charge in [0.05, 0.1) is 16.1 Å². The van der Waals surface area contributed by atoms with E-state index in [0.29, 0.717) is 27.8 Å². The van der Waals surface area contributed by atoms with Gasteiger partial charge >= 0.3 is 0 Å². The normalized spacial score (nSPS) is 16.2. The van der Waals surface area contributed by atoms with Crippen LogP contribution in [-0.4, -0.2) is 42.9 Å². The number of nitrogens with one attached hydrogen (secondary N) is 1. The van der Waals surface area contributed by atoms with Crippen LogP contribution in [0.25, 0.3) is 0 Å². The van der Waals surface area contributed by atoms with Gasteiger partial charge in [-0.2, -0.15) is 0 Å². The minimum atomic E-state index is -0.283. The molecule has 2 fully saturated rings. The molecule has 0 aliphatic carbocycles. The number of carbonyl (C=O) groups is 2. The highest BCUT2D eigenvalue weighted by molar-refractivity contribution is 6.34. The van der Waals surface area contributed by atoms with Gasteiger partial charge in [-0.15, -0.1) is 0 Å². The van der Waals surface area contributed by atoms with E-state index in [2.05, 4.69) is 40.5 Å². The summed E-state index contributed by atoms with van der Waals surface area (Å²) < 4.78 is 0. The van der Waals surface area contributed by atoms with Crippen LogP contribution in [0.5, 0.6) is 0 Å². The Balaban J connectivity index is 1.34. The van der Waals surface area contributed by atoms with Crippen LogP contribution in [-0.2, 0) is 6.42 Å². The van der Waals surface area contributed by atoms with Crippen molar-refractivity contribution in [2.75, 3.05) is 36.4 Å². The average molecular weight is 502 g/mol. The summed E-state index contributed by atoms with van der Waals surface area (Å²) in [6, 6.07) is 23.4. The molecule has 5 nitrogen and oxygen atoms in total. The van der Waals surface area contributed by atoms with Gasteiger partial charge in [0.25, 0.3) is 11.8 Å². The van der Waals surface area contributed by atoms with Crippen molar-refractivity contribution < 1.29 is 9.59 Å². The van der Waals surface area contributed by atoms with Gasteiger partial charge < -0.3 is 15.1 Å². The number of amides is 2. The first-order valence-corrected chi connectivity index (χ1v) is 13.2. The summed E-state index contributed by atoms with van der Waals surface area (Å²) in [5.74, 6) is 0.410. The Bertz CT molecular complexity index is 1220. The first-order chi connectivity index (χ1) is 17.6. The van der Waals surface area contributed by atoms with Crippen LogP contribution in [0.4, 0.5) is 11.4 Å². The van der Waals surface area contributed by atoms with Crippen LogP contribution < -0.4 is 10.2 Å². The van der Waals surface area contributed by atoms with Gasteiger partial charge in [0.15, 0.2) is 0 Å². The van der Waals surface area contributed by atoms with E-state index in [1.54, 1.807) is 24.3 Å². The monoisotopic (exact) mass is 501 g/mol. The number of benzene rings is 3. The van der Waals surface area contributed by atoms with Gasteiger partial charge in [0.2, 0.25) is 0 Å². The van der Waals surface area contributed by atoms with Crippen molar-refractivity contribution in [1.29, 1.82) is 0 Å². The number of hydrogen-bond acceptors (Lipinski definition) is 3. The number of halogens is 1. The van der Waals surface area contributed by atoms with Crippen LogP contribution in [0, 0.1) is 5.92 Å². The predicted octanol–water partition coefficient (Wildman–Crippen LogP) is 6.29. The quantitative estimate of drug-likeness (QED) is 0.432. The van der Waals surface area contributed by atoms with Gasteiger partial charge in [-0.25, -0.2) is 0 Å². The highest BCUT2D eigenvalue weighted by Gasteiger charge is 2.27. The predicted molar refractivity (Wildman–Crippen MR) is 146 cm³/mol. The van der Waals surface area contributed by atoms with Gasteiger partial charge in [-0.3, -0.25) is 9.59 Å². The minimum absolute atomic E-state index is 0.0442. The third-order valence-corrected chi connectivity index (χ3v) is 7.65. The third kappa shape index (κ3) is 5.57. The Morgan fingerprint density at radius 2 is 1.53 bits per heavy atom. The Morgan fingerprint density at radius 3 is 2.25 bits per heavy atom. The molecule has 0 saturated carbocycles. The van der Waals surface area contributed by atoms with Gasteiger partial charge in [0, 0.05) is 37.6 Å². The highest BCUT2D eigenvalue weighted by atomic mass is 35.5. The second kappa shape index (κ2) is 11.2. The molecule has 1 N–H and O–H groups in total. The van der Waals surface area contributed by atoms with E-state index in [9.17, 15) is 9.59 Å². The maximum atomic E-state index is 13.5. The van der Waals surface area contributed by atoms with Crippen molar-refractivity contribution in [3.8, 4) is 0 Å². The molecule has 2 aliphatic rings. The van der Waals surface area contributed by atoms with Crippen LogP contribution in [0.2, 0.25) is 5.02 Å². The summed E-state index contributed by atoms with van der Waals surface area (Å²) in [6.07, 6.45) is 5.36. The van der Waals surface area contributed by atoms with Crippen molar-refractivity contribution in [2.45, 2.75) is 32.1 Å². The summed E-state index contributed by atoms with van der Waals surface area (Å²) in [4.78, 5) is 30.7. The van der Waals surface area contributed by atoms with Gasteiger partial charge in [0.1, 0.15) is 0 Å².